The molecule has 1 aliphatic heterocycles. The van der Waals surface area contributed by atoms with Gasteiger partial charge in [0.25, 0.3) is 0 Å². The molecule has 0 spiro atoms. The molecule has 3 N–H and O–H groups in total. The first kappa shape index (κ1) is 20.9. The average molecular weight is 461 g/mol. The number of nitrogens with one attached hydrogen (secondary N) is 1. The van der Waals surface area contributed by atoms with Crippen LogP contribution in [-0.4, -0.2) is 27.1 Å². The van der Waals surface area contributed by atoms with Crippen LogP contribution in [-0.2, 0) is 6.42 Å². The van der Waals surface area contributed by atoms with E-state index in [9.17, 15) is 15.0 Å². The first-order valence-corrected chi connectivity index (χ1v) is 11.4. The van der Waals surface area contributed by atoms with Crippen LogP contribution in [0.3, 0.4) is 0 Å². The van der Waals surface area contributed by atoms with Crippen molar-refractivity contribution in [3.05, 3.63) is 103 Å². The zero-order valence-corrected chi connectivity index (χ0v) is 18.7. The molecule has 170 valence electrons. The Morgan fingerprint density at radius 3 is 2.20 bits per heavy atom. The van der Waals surface area contributed by atoms with Crippen molar-refractivity contribution in [1.29, 1.82) is 0 Å². The number of carbonyl (C=O) groups excluding carboxylic acids is 1. The van der Waals surface area contributed by atoms with Crippen molar-refractivity contribution in [1.82, 2.24) is 4.98 Å². The summed E-state index contributed by atoms with van der Waals surface area (Å²) < 4.78 is 1.64. The van der Waals surface area contributed by atoms with Crippen LogP contribution in [0.5, 0.6) is 11.5 Å². The van der Waals surface area contributed by atoms with Crippen molar-refractivity contribution in [3.63, 3.8) is 0 Å². The predicted molar refractivity (Wildman–Crippen MR) is 134 cm³/mol. The zero-order chi connectivity index (χ0) is 23.9. The Labute approximate surface area is 201 Å². The Kier molecular flexibility index (Phi) is 4.92. The maximum atomic E-state index is 13.5. The largest absolute Gasteiger partial charge is 0.508 e. The summed E-state index contributed by atoms with van der Waals surface area (Å²) in [6.45, 7) is 0. The van der Waals surface area contributed by atoms with Gasteiger partial charge in [0.2, 0.25) is 0 Å². The molecule has 0 radical (unpaired) electrons. The number of hydrogen-bond acceptors (Lipinski definition) is 5. The summed E-state index contributed by atoms with van der Waals surface area (Å²) in [4.78, 5) is 18.4. The number of hydrogen-bond donors (Lipinski definition) is 3. The molecular weight excluding hydrogens is 438 g/mol. The van der Waals surface area contributed by atoms with Crippen molar-refractivity contribution in [2.75, 3.05) is 5.32 Å². The molecule has 0 bridgehead atoms. The summed E-state index contributed by atoms with van der Waals surface area (Å²) in [6.07, 6.45) is 2.23. The third kappa shape index (κ3) is 3.85. The van der Waals surface area contributed by atoms with Crippen LogP contribution < -0.4 is 9.88 Å². The summed E-state index contributed by atoms with van der Waals surface area (Å²) in [7, 11) is 0. The Balaban J connectivity index is 1.47. The van der Waals surface area contributed by atoms with E-state index in [0.29, 0.717) is 23.6 Å². The standard InChI is InChI=1S/C29H21N3O3/c33-23-11-5-18(6-12-23)15-25-29(35)32-17-26(20-9-13-24(34)14-10-20)30-27(28(32)31-25)22-8-7-19-3-1-2-4-21(19)16-22/h1-14,16-17,25,33-34H,15H2/p+1. The number of phenolic OH excluding ortho intramolecular Hbond substituents is 2. The Morgan fingerprint density at radius 2 is 1.46 bits per heavy atom. The van der Waals surface area contributed by atoms with Crippen molar-refractivity contribution in [2.24, 2.45) is 0 Å². The SMILES string of the molecule is O=C1C(Cc2ccc(O)cc2)Nc2c(-c3ccc4ccccc4c3)nc(-c3ccc(O)cc3)c[n+]21. The molecule has 0 amide bonds. The highest BCUT2D eigenvalue weighted by Gasteiger charge is 2.41. The van der Waals surface area contributed by atoms with Crippen molar-refractivity contribution in [3.8, 4) is 34.0 Å². The minimum Gasteiger partial charge on any atom is -0.508 e. The first-order valence-electron chi connectivity index (χ1n) is 11.4. The fourth-order valence-corrected chi connectivity index (χ4v) is 4.52. The highest BCUT2D eigenvalue weighted by molar-refractivity contribution is 5.91. The molecule has 5 aromatic rings. The molecule has 1 atom stereocenters. The molecule has 6 rings (SSSR count). The molecule has 6 heteroatoms. The smallest absolute Gasteiger partial charge is 0.359 e. The quantitative estimate of drug-likeness (QED) is 0.331. The van der Waals surface area contributed by atoms with Gasteiger partial charge in [-0.3, -0.25) is 5.32 Å². The van der Waals surface area contributed by atoms with Gasteiger partial charge in [0.05, 0.1) is 0 Å². The molecule has 0 aliphatic carbocycles. The number of benzene rings is 4. The van der Waals surface area contributed by atoms with Gasteiger partial charge in [-0.05, 0) is 58.8 Å². The fourth-order valence-electron chi connectivity index (χ4n) is 4.52. The maximum absolute atomic E-state index is 13.5. The minimum atomic E-state index is -0.462. The number of aromatic nitrogens is 2. The highest BCUT2D eigenvalue weighted by atomic mass is 16.3. The molecule has 0 saturated heterocycles. The fraction of sp³-hybridized carbons (Fsp3) is 0.0690. The van der Waals surface area contributed by atoms with E-state index in [1.54, 1.807) is 47.2 Å². The lowest BCUT2D eigenvalue weighted by molar-refractivity contribution is -0.551. The molecule has 1 aliphatic rings. The van der Waals surface area contributed by atoms with E-state index in [2.05, 4.69) is 29.6 Å². The van der Waals surface area contributed by atoms with Gasteiger partial charge >= 0.3 is 11.7 Å². The average Bonchev–Trinajstić information content (AvgIpc) is 3.20. The summed E-state index contributed by atoms with van der Waals surface area (Å²) in [6, 6.07) is 27.5. The second-order valence-corrected chi connectivity index (χ2v) is 8.71. The van der Waals surface area contributed by atoms with E-state index < -0.39 is 6.04 Å². The van der Waals surface area contributed by atoms with E-state index >= 15 is 0 Å². The van der Waals surface area contributed by atoms with E-state index in [1.165, 1.54) is 0 Å². The lowest BCUT2D eigenvalue weighted by Gasteiger charge is -2.08. The molecule has 4 aromatic carbocycles. The van der Waals surface area contributed by atoms with Crippen LogP contribution in [0.2, 0.25) is 0 Å². The third-order valence-electron chi connectivity index (χ3n) is 6.36. The van der Waals surface area contributed by atoms with E-state index in [-0.39, 0.29) is 17.4 Å². The summed E-state index contributed by atoms with van der Waals surface area (Å²) in [5.41, 5.74) is 3.97. The van der Waals surface area contributed by atoms with Gasteiger partial charge in [-0.2, -0.15) is 4.57 Å². The van der Waals surface area contributed by atoms with Gasteiger partial charge < -0.3 is 10.2 Å². The maximum Gasteiger partial charge on any atom is 0.359 e. The first-order chi connectivity index (χ1) is 17.0. The summed E-state index contributed by atoms with van der Waals surface area (Å²) in [5, 5.41) is 24.9. The second-order valence-electron chi connectivity index (χ2n) is 8.71. The van der Waals surface area contributed by atoms with Crippen LogP contribution in [0, 0.1) is 0 Å². The topological polar surface area (TPSA) is 86.3 Å². The molecule has 0 saturated carbocycles. The number of rotatable bonds is 4. The van der Waals surface area contributed by atoms with Gasteiger partial charge in [0.1, 0.15) is 23.4 Å². The molecule has 35 heavy (non-hydrogen) atoms. The number of aromatic hydroxyl groups is 2. The van der Waals surface area contributed by atoms with Gasteiger partial charge in [-0.1, -0.05) is 48.5 Å². The van der Waals surface area contributed by atoms with E-state index in [1.807, 2.05) is 30.3 Å². The van der Waals surface area contributed by atoms with E-state index in [4.69, 9.17) is 4.98 Å². The number of nitrogens with zero attached hydrogens (tertiary/aromatic N) is 2. The Morgan fingerprint density at radius 1 is 0.800 bits per heavy atom. The van der Waals surface area contributed by atoms with Gasteiger partial charge in [0.15, 0.2) is 11.7 Å². The summed E-state index contributed by atoms with van der Waals surface area (Å²) >= 11 is 0. The number of anilines is 1. The third-order valence-corrected chi connectivity index (χ3v) is 6.36. The molecule has 0 fully saturated rings. The normalized spacial score (nSPS) is 14.6. The predicted octanol–water partition coefficient (Wildman–Crippen LogP) is 4.94. The lowest BCUT2D eigenvalue weighted by atomic mass is 10.0. The Hall–Kier alpha value is -4.71. The molecule has 1 unspecified atom stereocenters. The van der Waals surface area contributed by atoms with Gasteiger partial charge in [-0.25, -0.2) is 9.78 Å². The van der Waals surface area contributed by atoms with Crippen molar-refractivity contribution < 1.29 is 19.6 Å². The molecule has 2 heterocycles. The lowest BCUT2D eigenvalue weighted by Crippen LogP contribution is -2.43. The van der Waals surface area contributed by atoms with Crippen LogP contribution in [0.4, 0.5) is 5.82 Å². The van der Waals surface area contributed by atoms with Crippen LogP contribution in [0.15, 0.2) is 97.2 Å². The van der Waals surface area contributed by atoms with Crippen LogP contribution in [0.1, 0.15) is 10.4 Å². The monoisotopic (exact) mass is 460 g/mol. The number of fused-ring (bicyclic) bond motifs is 2. The van der Waals surface area contributed by atoms with Gasteiger partial charge in [0, 0.05) is 17.5 Å². The van der Waals surface area contributed by atoms with Gasteiger partial charge in [-0.15, -0.1) is 0 Å². The Bertz CT molecular complexity index is 1580. The van der Waals surface area contributed by atoms with E-state index in [0.717, 1.165) is 27.5 Å². The second kappa shape index (κ2) is 8.25. The molecule has 1 aromatic heterocycles. The van der Waals surface area contributed by atoms with Crippen molar-refractivity contribution in [2.45, 2.75) is 12.5 Å². The number of carbonyl (C=O) groups is 1. The highest BCUT2D eigenvalue weighted by Crippen LogP contribution is 2.32. The zero-order valence-electron chi connectivity index (χ0n) is 18.7. The van der Waals surface area contributed by atoms with Crippen LogP contribution >= 0.6 is 0 Å². The molecule has 6 nitrogen and oxygen atoms in total. The summed E-state index contributed by atoms with van der Waals surface area (Å²) in [5.74, 6) is 0.941. The number of phenols is 2. The molecular formula is C29H22N3O3+. The van der Waals surface area contributed by atoms with Crippen LogP contribution in [0.25, 0.3) is 33.3 Å². The van der Waals surface area contributed by atoms with Crippen molar-refractivity contribution >= 4 is 22.5 Å². The minimum absolute atomic E-state index is 0.0717.